The predicted octanol–water partition coefficient (Wildman–Crippen LogP) is 1.45. The van der Waals surface area contributed by atoms with Gasteiger partial charge >= 0.3 is 0 Å². The molecule has 1 saturated heterocycles. The summed E-state index contributed by atoms with van der Waals surface area (Å²) in [4.78, 5) is 0. The van der Waals surface area contributed by atoms with Gasteiger partial charge in [0.2, 0.25) is 0 Å². The summed E-state index contributed by atoms with van der Waals surface area (Å²) in [5, 5.41) is 9.25. The second-order valence-electron chi connectivity index (χ2n) is 5.27. The number of aliphatic hydroxyl groups is 1. The molecule has 1 atom stereocenters. The number of hydrogen-bond acceptors (Lipinski definition) is 4. The van der Waals surface area contributed by atoms with Crippen LogP contribution in [0.1, 0.15) is 24.8 Å². The van der Waals surface area contributed by atoms with Crippen LogP contribution in [0, 0.1) is 0 Å². The molecule has 4 heteroatoms. The highest BCUT2D eigenvalue weighted by Gasteiger charge is 2.36. The Hall–Kier alpha value is -1.10. The molecular formula is C15H23NO3. The van der Waals surface area contributed by atoms with Crippen molar-refractivity contribution in [2.45, 2.75) is 30.7 Å². The summed E-state index contributed by atoms with van der Waals surface area (Å²) in [5.41, 5.74) is 7.21. The second kappa shape index (κ2) is 6.37. The van der Waals surface area contributed by atoms with E-state index in [1.807, 2.05) is 12.1 Å². The molecule has 3 N–H and O–H groups in total. The van der Waals surface area contributed by atoms with E-state index in [0.717, 1.165) is 38.2 Å². The van der Waals surface area contributed by atoms with Crippen molar-refractivity contribution >= 4 is 0 Å². The van der Waals surface area contributed by atoms with Crippen molar-refractivity contribution in [3.05, 3.63) is 29.8 Å². The van der Waals surface area contributed by atoms with E-state index >= 15 is 0 Å². The Morgan fingerprint density at radius 1 is 1.42 bits per heavy atom. The van der Waals surface area contributed by atoms with Crippen LogP contribution in [0.2, 0.25) is 0 Å². The normalized spacial score (nSPS) is 19.9. The highest BCUT2D eigenvalue weighted by Crippen LogP contribution is 2.39. The van der Waals surface area contributed by atoms with Gasteiger partial charge in [-0.2, -0.15) is 0 Å². The second-order valence-corrected chi connectivity index (χ2v) is 5.27. The summed E-state index contributed by atoms with van der Waals surface area (Å²) in [6.07, 6.45) is 2.65. The lowest BCUT2D eigenvalue weighted by Gasteiger charge is -2.39. The van der Waals surface area contributed by atoms with E-state index < -0.39 is 0 Å². The first-order valence-corrected chi connectivity index (χ1v) is 6.79. The maximum absolute atomic E-state index is 9.25. The third-order valence-corrected chi connectivity index (χ3v) is 4.02. The third-order valence-electron chi connectivity index (χ3n) is 4.02. The summed E-state index contributed by atoms with van der Waals surface area (Å²) in [6, 6.07) is 7.97. The van der Waals surface area contributed by atoms with Gasteiger partial charge < -0.3 is 20.3 Å². The van der Waals surface area contributed by atoms with Crippen molar-refractivity contribution in [3.63, 3.8) is 0 Å². The van der Waals surface area contributed by atoms with Crippen LogP contribution >= 0.6 is 0 Å². The maximum Gasteiger partial charge on any atom is 0.119 e. The lowest BCUT2D eigenvalue weighted by Crippen LogP contribution is -2.41. The molecule has 0 amide bonds. The molecule has 0 saturated carbocycles. The van der Waals surface area contributed by atoms with Crippen LogP contribution in [0.5, 0.6) is 5.75 Å². The zero-order chi connectivity index (χ0) is 13.7. The van der Waals surface area contributed by atoms with E-state index in [0.29, 0.717) is 0 Å². The molecule has 0 radical (unpaired) electrons. The highest BCUT2D eigenvalue weighted by molar-refractivity contribution is 5.34. The van der Waals surface area contributed by atoms with Gasteiger partial charge in [-0.15, -0.1) is 0 Å². The van der Waals surface area contributed by atoms with Crippen LogP contribution in [0.3, 0.4) is 0 Å². The van der Waals surface area contributed by atoms with Crippen molar-refractivity contribution in [3.8, 4) is 5.75 Å². The van der Waals surface area contributed by atoms with E-state index in [1.54, 1.807) is 7.11 Å². The molecule has 0 bridgehead atoms. The topological polar surface area (TPSA) is 64.7 Å². The standard InChI is InChI=1S/C15H23NO3/c1-18-14-4-2-3-12(9-14)15(10-13(16)11-17)5-7-19-8-6-15/h2-4,9,13,17H,5-8,10-11,16H2,1H3. The number of nitrogens with two attached hydrogens (primary N) is 1. The maximum atomic E-state index is 9.25. The molecule has 0 aliphatic carbocycles. The van der Waals surface area contributed by atoms with Crippen LogP contribution in [0.25, 0.3) is 0 Å². The molecule has 2 rings (SSSR count). The first kappa shape index (κ1) is 14.3. The molecule has 1 unspecified atom stereocenters. The first-order chi connectivity index (χ1) is 9.20. The van der Waals surface area contributed by atoms with Crippen LogP contribution in [0.4, 0.5) is 0 Å². The zero-order valence-corrected chi connectivity index (χ0v) is 11.5. The summed E-state index contributed by atoms with van der Waals surface area (Å²) in [7, 11) is 1.68. The lowest BCUT2D eigenvalue weighted by molar-refractivity contribution is 0.0415. The number of aliphatic hydroxyl groups excluding tert-OH is 1. The SMILES string of the molecule is COc1cccc(C2(CC(N)CO)CCOCC2)c1. The minimum atomic E-state index is -0.190. The molecule has 1 aliphatic heterocycles. The van der Waals surface area contributed by atoms with E-state index in [2.05, 4.69) is 12.1 Å². The number of methoxy groups -OCH3 is 1. The summed E-state index contributed by atoms with van der Waals surface area (Å²) in [6.45, 7) is 1.51. The number of benzene rings is 1. The Morgan fingerprint density at radius 2 is 2.16 bits per heavy atom. The Labute approximate surface area is 114 Å². The Balaban J connectivity index is 2.29. The van der Waals surface area contributed by atoms with Gasteiger partial charge in [-0.3, -0.25) is 0 Å². The molecule has 0 aromatic heterocycles. The fourth-order valence-corrected chi connectivity index (χ4v) is 2.89. The average Bonchev–Trinajstić information content (AvgIpc) is 2.48. The molecular weight excluding hydrogens is 242 g/mol. The average molecular weight is 265 g/mol. The fraction of sp³-hybridized carbons (Fsp3) is 0.600. The summed E-state index contributed by atoms with van der Waals surface area (Å²) in [5.74, 6) is 0.862. The number of ether oxygens (including phenoxy) is 2. The highest BCUT2D eigenvalue weighted by atomic mass is 16.5. The lowest BCUT2D eigenvalue weighted by atomic mass is 9.70. The zero-order valence-electron chi connectivity index (χ0n) is 11.5. The van der Waals surface area contributed by atoms with Crippen molar-refractivity contribution in [2.75, 3.05) is 26.9 Å². The van der Waals surface area contributed by atoms with Gasteiger partial charge in [-0.1, -0.05) is 12.1 Å². The molecule has 0 spiro atoms. The van der Waals surface area contributed by atoms with E-state index in [4.69, 9.17) is 15.2 Å². The number of rotatable bonds is 5. The van der Waals surface area contributed by atoms with Crippen molar-refractivity contribution in [2.24, 2.45) is 5.73 Å². The predicted molar refractivity (Wildman–Crippen MR) is 74.4 cm³/mol. The molecule has 106 valence electrons. The van der Waals surface area contributed by atoms with Crippen LogP contribution < -0.4 is 10.5 Å². The summed E-state index contributed by atoms with van der Waals surface area (Å²) < 4.78 is 10.8. The van der Waals surface area contributed by atoms with Gasteiger partial charge in [-0.05, 0) is 37.0 Å². The smallest absolute Gasteiger partial charge is 0.119 e. The van der Waals surface area contributed by atoms with Gasteiger partial charge in [0.25, 0.3) is 0 Å². The van der Waals surface area contributed by atoms with E-state index in [1.165, 1.54) is 5.56 Å². The van der Waals surface area contributed by atoms with Crippen LogP contribution in [-0.2, 0) is 10.2 Å². The van der Waals surface area contributed by atoms with Gasteiger partial charge in [0.15, 0.2) is 0 Å². The van der Waals surface area contributed by atoms with Crippen molar-refractivity contribution in [1.82, 2.24) is 0 Å². The summed E-state index contributed by atoms with van der Waals surface area (Å²) >= 11 is 0. The fourth-order valence-electron chi connectivity index (χ4n) is 2.89. The molecule has 1 heterocycles. The molecule has 1 aromatic carbocycles. The largest absolute Gasteiger partial charge is 0.497 e. The minimum Gasteiger partial charge on any atom is -0.497 e. The first-order valence-electron chi connectivity index (χ1n) is 6.79. The van der Waals surface area contributed by atoms with Crippen LogP contribution in [-0.4, -0.2) is 38.1 Å². The van der Waals surface area contributed by atoms with Gasteiger partial charge in [0.05, 0.1) is 13.7 Å². The minimum absolute atomic E-state index is 0.00502. The molecule has 1 fully saturated rings. The quantitative estimate of drug-likeness (QED) is 0.846. The van der Waals surface area contributed by atoms with Gasteiger partial charge in [0.1, 0.15) is 5.75 Å². The van der Waals surface area contributed by atoms with Gasteiger partial charge in [0, 0.05) is 24.7 Å². The van der Waals surface area contributed by atoms with Crippen molar-refractivity contribution in [1.29, 1.82) is 0 Å². The Bertz CT molecular complexity index is 402. The van der Waals surface area contributed by atoms with Crippen molar-refractivity contribution < 1.29 is 14.6 Å². The van der Waals surface area contributed by atoms with Gasteiger partial charge in [-0.25, -0.2) is 0 Å². The molecule has 4 nitrogen and oxygen atoms in total. The molecule has 1 aliphatic rings. The number of hydrogen-bond donors (Lipinski definition) is 2. The Morgan fingerprint density at radius 3 is 2.79 bits per heavy atom. The third kappa shape index (κ3) is 3.26. The monoisotopic (exact) mass is 265 g/mol. The molecule has 1 aromatic rings. The van der Waals surface area contributed by atoms with E-state index in [9.17, 15) is 5.11 Å². The van der Waals surface area contributed by atoms with Crippen LogP contribution in [0.15, 0.2) is 24.3 Å². The Kier molecular flexibility index (Phi) is 4.80. The molecule has 19 heavy (non-hydrogen) atoms. The van der Waals surface area contributed by atoms with E-state index in [-0.39, 0.29) is 18.1 Å².